The minimum absolute atomic E-state index is 0.0659. The second-order valence-corrected chi connectivity index (χ2v) is 5.43. The number of carbonyl (C=O) groups excluding carboxylic acids is 1. The van der Waals surface area contributed by atoms with Crippen molar-refractivity contribution in [2.24, 2.45) is 5.92 Å². The number of halogens is 1. The molecule has 0 saturated carbocycles. The van der Waals surface area contributed by atoms with Gasteiger partial charge in [0.1, 0.15) is 5.82 Å². The Morgan fingerprint density at radius 2 is 1.89 bits per heavy atom. The van der Waals surface area contributed by atoms with Crippen LogP contribution in [0.4, 0.5) is 9.18 Å². The van der Waals surface area contributed by atoms with E-state index in [1.54, 1.807) is 24.1 Å². The van der Waals surface area contributed by atoms with Crippen molar-refractivity contribution in [3.05, 3.63) is 35.6 Å². The quantitative estimate of drug-likeness (QED) is 0.805. The molecule has 0 atom stereocenters. The number of hydrogen-bond acceptors (Lipinski definition) is 1. The van der Waals surface area contributed by atoms with Crippen molar-refractivity contribution in [1.82, 2.24) is 9.80 Å². The van der Waals surface area contributed by atoms with E-state index in [4.69, 9.17) is 0 Å². The molecule has 0 spiro atoms. The predicted octanol–water partition coefficient (Wildman–Crippen LogP) is 3.11. The molecular formula is C15H21FN2O. The maximum Gasteiger partial charge on any atom is 0.320 e. The normalized spacial score (nSPS) is 16.5. The van der Waals surface area contributed by atoms with Crippen LogP contribution in [0.1, 0.15) is 25.3 Å². The highest BCUT2D eigenvalue weighted by molar-refractivity contribution is 5.74. The Morgan fingerprint density at radius 1 is 1.32 bits per heavy atom. The molecule has 4 heteroatoms. The maximum absolute atomic E-state index is 12.8. The minimum Gasteiger partial charge on any atom is -0.325 e. The Labute approximate surface area is 114 Å². The second kappa shape index (κ2) is 6.04. The molecule has 1 aliphatic heterocycles. The van der Waals surface area contributed by atoms with Gasteiger partial charge in [-0.25, -0.2) is 9.18 Å². The van der Waals surface area contributed by atoms with Crippen molar-refractivity contribution in [2.75, 3.05) is 20.1 Å². The van der Waals surface area contributed by atoms with E-state index < -0.39 is 0 Å². The lowest BCUT2D eigenvalue weighted by Crippen LogP contribution is -2.44. The number of carbonyl (C=O) groups is 1. The van der Waals surface area contributed by atoms with Gasteiger partial charge in [-0.1, -0.05) is 19.1 Å². The largest absolute Gasteiger partial charge is 0.325 e. The SMILES string of the molecule is CC1CCN(C(=O)N(C)Cc2ccc(F)cc2)CC1. The van der Waals surface area contributed by atoms with Gasteiger partial charge in [0, 0.05) is 26.7 Å². The summed E-state index contributed by atoms with van der Waals surface area (Å²) in [6.45, 7) is 4.43. The Hall–Kier alpha value is -1.58. The third-order valence-electron chi connectivity index (χ3n) is 3.71. The van der Waals surface area contributed by atoms with Crippen LogP contribution in [0.15, 0.2) is 24.3 Å². The van der Waals surface area contributed by atoms with Gasteiger partial charge in [0.2, 0.25) is 0 Å². The van der Waals surface area contributed by atoms with Gasteiger partial charge in [0.25, 0.3) is 0 Å². The Morgan fingerprint density at radius 3 is 2.47 bits per heavy atom. The summed E-state index contributed by atoms with van der Waals surface area (Å²) in [6.07, 6.45) is 2.16. The molecule has 0 unspecified atom stereocenters. The Balaban J connectivity index is 1.90. The topological polar surface area (TPSA) is 23.6 Å². The third kappa shape index (κ3) is 3.69. The summed E-state index contributed by atoms with van der Waals surface area (Å²) in [7, 11) is 1.80. The van der Waals surface area contributed by atoms with Crippen LogP contribution >= 0.6 is 0 Å². The van der Waals surface area contributed by atoms with Crippen molar-refractivity contribution in [3.63, 3.8) is 0 Å². The Bertz CT molecular complexity index is 424. The number of piperidine rings is 1. The minimum atomic E-state index is -0.247. The summed E-state index contributed by atoms with van der Waals surface area (Å²) in [6, 6.07) is 6.36. The molecule has 3 nitrogen and oxygen atoms in total. The maximum atomic E-state index is 12.8. The number of urea groups is 1. The monoisotopic (exact) mass is 264 g/mol. The van der Waals surface area contributed by atoms with Gasteiger partial charge < -0.3 is 9.80 Å². The number of benzene rings is 1. The molecular weight excluding hydrogens is 243 g/mol. The van der Waals surface area contributed by atoms with Crippen molar-refractivity contribution in [1.29, 1.82) is 0 Å². The molecule has 0 aliphatic carbocycles. The van der Waals surface area contributed by atoms with E-state index in [1.807, 2.05) is 4.90 Å². The van der Waals surface area contributed by atoms with Crippen LogP contribution < -0.4 is 0 Å². The molecule has 0 aromatic heterocycles. The number of hydrogen-bond donors (Lipinski definition) is 0. The molecule has 1 saturated heterocycles. The smallest absolute Gasteiger partial charge is 0.320 e. The lowest BCUT2D eigenvalue weighted by atomic mass is 9.99. The van der Waals surface area contributed by atoms with Gasteiger partial charge in [-0.15, -0.1) is 0 Å². The van der Waals surface area contributed by atoms with Crippen molar-refractivity contribution < 1.29 is 9.18 Å². The fraction of sp³-hybridized carbons (Fsp3) is 0.533. The van der Waals surface area contributed by atoms with E-state index in [0.717, 1.165) is 31.5 Å². The van der Waals surface area contributed by atoms with Gasteiger partial charge in [0.05, 0.1) is 0 Å². The van der Waals surface area contributed by atoms with Gasteiger partial charge in [-0.05, 0) is 36.5 Å². The third-order valence-corrected chi connectivity index (χ3v) is 3.71. The summed E-state index contributed by atoms with van der Waals surface area (Å²) in [5.74, 6) is 0.467. The zero-order valence-corrected chi connectivity index (χ0v) is 11.6. The number of likely N-dealkylation sites (tertiary alicyclic amines) is 1. The van der Waals surface area contributed by atoms with Crippen LogP contribution in [0, 0.1) is 11.7 Å². The fourth-order valence-corrected chi connectivity index (χ4v) is 2.37. The van der Waals surface area contributed by atoms with E-state index in [1.165, 1.54) is 12.1 Å². The lowest BCUT2D eigenvalue weighted by molar-refractivity contribution is 0.141. The van der Waals surface area contributed by atoms with Crippen LogP contribution in [0.2, 0.25) is 0 Å². The molecule has 19 heavy (non-hydrogen) atoms. The van der Waals surface area contributed by atoms with E-state index in [0.29, 0.717) is 12.5 Å². The highest BCUT2D eigenvalue weighted by Crippen LogP contribution is 2.17. The molecule has 1 aromatic carbocycles. The van der Waals surface area contributed by atoms with Crippen LogP contribution in [0.3, 0.4) is 0 Å². The second-order valence-electron chi connectivity index (χ2n) is 5.43. The number of amides is 2. The van der Waals surface area contributed by atoms with E-state index in [-0.39, 0.29) is 11.8 Å². The van der Waals surface area contributed by atoms with E-state index in [2.05, 4.69) is 6.92 Å². The molecule has 1 aliphatic rings. The first-order valence-corrected chi connectivity index (χ1v) is 6.80. The standard InChI is InChI=1S/C15H21FN2O/c1-12-7-9-18(10-8-12)15(19)17(2)11-13-3-5-14(16)6-4-13/h3-6,12H,7-11H2,1-2H3. The summed E-state index contributed by atoms with van der Waals surface area (Å²) in [4.78, 5) is 15.9. The average molecular weight is 264 g/mol. The lowest BCUT2D eigenvalue weighted by Gasteiger charge is -2.33. The molecule has 1 aromatic rings. The molecule has 0 bridgehead atoms. The van der Waals surface area contributed by atoms with Gasteiger partial charge in [-0.2, -0.15) is 0 Å². The highest BCUT2D eigenvalue weighted by Gasteiger charge is 2.22. The first-order chi connectivity index (χ1) is 9.06. The van der Waals surface area contributed by atoms with Crippen LogP contribution in [0.25, 0.3) is 0 Å². The molecule has 2 amide bonds. The molecule has 2 rings (SSSR count). The molecule has 104 valence electrons. The van der Waals surface area contributed by atoms with E-state index in [9.17, 15) is 9.18 Å². The van der Waals surface area contributed by atoms with Crippen molar-refractivity contribution in [3.8, 4) is 0 Å². The average Bonchev–Trinajstić information content (AvgIpc) is 2.41. The number of rotatable bonds is 2. The van der Waals surface area contributed by atoms with Gasteiger partial charge in [-0.3, -0.25) is 0 Å². The molecule has 0 N–H and O–H groups in total. The summed E-state index contributed by atoms with van der Waals surface area (Å²) in [5.41, 5.74) is 0.947. The molecule has 1 heterocycles. The summed E-state index contributed by atoms with van der Waals surface area (Å²) >= 11 is 0. The summed E-state index contributed by atoms with van der Waals surface area (Å²) < 4.78 is 12.8. The number of nitrogens with zero attached hydrogens (tertiary/aromatic N) is 2. The van der Waals surface area contributed by atoms with Gasteiger partial charge >= 0.3 is 6.03 Å². The zero-order valence-electron chi connectivity index (χ0n) is 11.6. The van der Waals surface area contributed by atoms with Crippen molar-refractivity contribution >= 4 is 6.03 Å². The van der Waals surface area contributed by atoms with Crippen molar-refractivity contribution in [2.45, 2.75) is 26.3 Å². The zero-order chi connectivity index (χ0) is 13.8. The van der Waals surface area contributed by atoms with Crippen LogP contribution in [-0.2, 0) is 6.54 Å². The Kier molecular flexibility index (Phi) is 4.40. The predicted molar refractivity (Wildman–Crippen MR) is 73.2 cm³/mol. The van der Waals surface area contributed by atoms with Crippen LogP contribution in [0.5, 0.6) is 0 Å². The van der Waals surface area contributed by atoms with Crippen LogP contribution in [-0.4, -0.2) is 36.0 Å². The first kappa shape index (κ1) is 13.8. The fourth-order valence-electron chi connectivity index (χ4n) is 2.37. The summed E-state index contributed by atoms with van der Waals surface area (Å²) in [5, 5.41) is 0. The van der Waals surface area contributed by atoms with Gasteiger partial charge in [0.15, 0.2) is 0 Å². The highest BCUT2D eigenvalue weighted by atomic mass is 19.1. The van der Waals surface area contributed by atoms with E-state index >= 15 is 0 Å². The molecule has 1 fully saturated rings. The first-order valence-electron chi connectivity index (χ1n) is 6.80. The molecule has 0 radical (unpaired) electrons.